The molecule has 0 spiro atoms. The molecule has 1 amide bonds. The van der Waals surface area contributed by atoms with Gasteiger partial charge in [-0.05, 0) is 6.07 Å². The van der Waals surface area contributed by atoms with Gasteiger partial charge in [0.2, 0.25) is 0 Å². The van der Waals surface area contributed by atoms with Crippen molar-refractivity contribution >= 4 is 5.91 Å². The summed E-state index contributed by atoms with van der Waals surface area (Å²) in [6.45, 7) is 0. The van der Waals surface area contributed by atoms with Crippen molar-refractivity contribution in [2.45, 2.75) is 0 Å². The number of aromatic nitrogens is 1. The molecule has 14 heavy (non-hydrogen) atoms. The van der Waals surface area contributed by atoms with E-state index in [9.17, 15) is 9.18 Å². The molecule has 0 saturated heterocycles. The monoisotopic (exact) mass is 189 g/mol. The molecule has 1 aromatic heterocycles. The van der Waals surface area contributed by atoms with Gasteiger partial charge in [0.1, 0.15) is 6.07 Å². The highest BCUT2D eigenvalue weighted by Gasteiger charge is 2.02. The fourth-order valence-electron chi connectivity index (χ4n) is 0.722. The summed E-state index contributed by atoms with van der Waals surface area (Å²) in [6, 6.07) is 2.58. The fraction of sp³-hybridized carbons (Fsp3) is 0. The first-order valence-corrected chi connectivity index (χ1v) is 3.50. The molecule has 1 aromatic rings. The van der Waals surface area contributed by atoms with E-state index in [2.05, 4.69) is 10.9 Å². The number of carbonyl (C=O) groups excluding carboxylic acids is 1. The largest absolute Gasteiger partial charge is 0.359 e. The highest BCUT2D eigenvalue weighted by atomic mass is 19.1. The second-order valence-corrected chi connectivity index (χ2v) is 2.28. The van der Waals surface area contributed by atoms with Gasteiger partial charge < -0.3 is 5.73 Å². The molecule has 1 heterocycles. The van der Waals surface area contributed by atoms with Crippen LogP contribution in [-0.2, 0) is 4.79 Å². The SMILES string of the molecule is N#Cc1ncc(C#CC(N)=O)cc1F. The number of carbonyl (C=O) groups is 1. The number of nitriles is 1. The number of nitrogens with zero attached hydrogens (tertiary/aromatic N) is 2. The van der Waals surface area contributed by atoms with Gasteiger partial charge in [-0.1, -0.05) is 5.92 Å². The van der Waals surface area contributed by atoms with Gasteiger partial charge in [-0.2, -0.15) is 5.26 Å². The first kappa shape index (κ1) is 9.69. The van der Waals surface area contributed by atoms with Crippen LogP contribution in [0.4, 0.5) is 4.39 Å². The molecular weight excluding hydrogens is 185 g/mol. The Balaban J connectivity index is 3.07. The van der Waals surface area contributed by atoms with Gasteiger partial charge in [0.15, 0.2) is 11.5 Å². The Bertz CT molecular complexity index is 479. The normalized spacial score (nSPS) is 8.29. The first-order chi connectivity index (χ1) is 6.63. The van der Waals surface area contributed by atoms with Crippen LogP contribution in [-0.4, -0.2) is 10.9 Å². The van der Waals surface area contributed by atoms with Crippen LogP contribution in [0.2, 0.25) is 0 Å². The Labute approximate surface area is 79.2 Å². The minimum atomic E-state index is -0.810. The lowest BCUT2D eigenvalue weighted by molar-refractivity contribution is -0.112. The van der Waals surface area contributed by atoms with Crippen molar-refractivity contribution in [1.82, 2.24) is 4.98 Å². The minimum Gasteiger partial charge on any atom is -0.359 e. The number of pyridine rings is 1. The molecular formula is C9H4FN3O. The predicted molar refractivity (Wildman–Crippen MR) is 45.0 cm³/mol. The average Bonchev–Trinajstić information content (AvgIpc) is 2.15. The third-order valence-corrected chi connectivity index (χ3v) is 1.28. The van der Waals surface area contributed by atoms with Crippen LogP contribution in [0.15, 0.2) is 12.3 Å². The van der Waals surface area contributed by atoms with Crippen LogP contribution in [0, 0.1) is 29.0 Å². The van der Waals surface area contributed by atoms with Gasteiger partial charge in [0.25, 0.3) is 5.91 Å². The molecule has 0 fully saturated rings. The van der Waals surface area contributed by atoms with Crippen molar-refractivity contribution in [3.8, 4) is 17.9 Å². The Morgan fingerprint density at radius 3 is 2.86 bits per heavy atom. The van der Waals surface area contributed by atoms with E-state index < -0.39 is 11.7 Å². The van der Waals surface area contributed by atoms with Crippen molar-refractivity contribution in [3.63, 3.8) is 0 Å². The van der Waals surface area contributed by atoms with Crippen molar-refractivity contribution in [2.75, 3.05) is 0 Å². The Morgan fingerprint density at radius 2 is 2.36 bits per heavy atom. The quantitative estimate of drug-likeness (QED) is 0.580. The lowest BCUT2D eigenvalue weighted by atomic mass is 10.2. The molecule has 68 valence electrons. The lowest BCUT2D eigenvalue weighted by Gasteiger charge is -1.92. The summed E-state index contributed by atoms with van der Waals surface area (Å²) < 4.78 is 12.9. The van der Waals surface area contributed by atoms with Crippen LogP contribution in [0.5, 0.6) is 0 Å². The van der Waals surface area contributed by atoms with Crippen molar-refractivity contribution in [3.05, 3.63) is 29.3 Å². The second-order valence-electron chi connectivity index (χ2n) is 2.28. The van der Waals surface area contributed by atoms with Crippen molar-refractivity contribution in [1.29, 1.82) is 5.26 Å². The molecule has 0 aliphatic carbocycles. The Hall–Kier alpha value is -2.40. The Morgan fingerprint density at radius 1 is 1.64 bits per heavy atom. The summed E-state index contributed by atoms with van der Waals surface area (Å²) in [4.78, 5) is 13.7. The van der Waals surface area contributed by atoms with Crippen LogP contribution in [0.3, 0.4) is 0 Å². The highest BCUT2D eigenvalue weighted by molar-refractivity contribution is 5.92. The molecule has 0 aromatic carbocycles. The molecule has 2 N–H and O–H groups in total. The van der Waals surface area contributed by atoms with Crippen molar-refractivity contribution < 1.29 is 9.18 Å². The van der Waals surface area contributed by atoms with Crippen LogP contribution in [0.25, 0.3) is 0 Å². The molecule has 0 unspecified atom stereocenters. The molecule has 0 radical (unpaired) electrons. The molecule has 0 saturated carbocycles. The molecule has 5 heteroatoms. The van der Waals surface area contributed by atoms with Crippen molar-refractivity contribution in [2.24, 2.45) is 5.73 Å². The van der Waals surface area contributed by atoms with E-state index in [1.54, 1.807) is 6.07 Å². The van der Waals surface area contributed by atoms with E-state index >= 15 is 0 Å². The van der Waals surface area contributed by atoms with E-state index in [1.165, 1.54) is 6.20 Å². The molecule has 0 aliphatic heterocycles. The maximum Gasteiger partial charge on any atom is 0.293 e. The summed E-state index contributed by atoms with van der Waals surface area (Å²) in [5, 5.41) is 8.36. The summed E-state index contributed by atoms with van der Waals surface area (Å²) >= 11 is 0. The number of nitrogens with two attached hydrogens (primary N) is 1. The number of primary amides is 1. The summed E-state index contributed by atoms with van der Waals surface area (Å²) in [5.74, 6) is 2.74. The number of amides is 1. The van der Waals surface area contributed by atoms with Gasteiger partial charge in [-0.15, -0.1) is 0 Å². The van der Waals surface area contributed by atoms with E-state index in [0.717, 1.165) is 6.07 Å². The topological polar surface area (TPSA) is 79.8 Å². The maximum atomic E-state index is 12.9. The third kappa shape index (κ3) is 2.29. The van der Waals surface area contributed by atoms with Gasteiger partial charge in [-0.25, -0.2) is 9.37 Å². The molecule has 4 nitrogen and oxygen atoms in total. The summed E-state index contributed by atoms with van der Waals surface area (Å²) in [6.07, 6.45) is 1.19. The zero-order chi connectivity index (χ0) is 10.6. The zero-order valence-corrected chi connectivity index (χ0v) is 6.91. The number of hydrogen-bond donors (Lipinski definition) is 1. The van der Waals surface area contributed by atoms with Crippen LogP contribution < -0.4 is 5.73 Å². The number of rotatable bonds is 0. The zero-order valence-electron chi connectivity index (χ0n) is 6.91. The first-order valence-electron chi connectivity index (χ1n) is 3.50. The highest BCUT2D eigenvalue weighted by Crippen LogP contribution is 2.04. The second kappa shape index (κ2) is 4.01. The summed E-state index contributed by atoms with van der Waals surface area (Å²) in [7, 11) is 0. The third-order valence-electron chi connectivity index (χ3n) is 1.28. The van der Waals surface area contributed by atoms with Gasteiger partial charge in [0, 0.05) is 17.7 Å². The number of hydrogen-bond acceptors (Lipinski definition) is 3. The van der Waals surface area contributed by atoms with E-state index in [4.69, 9.17) is 11.0 Å². The fourth-order valence-corrected chi connectivity index (χ4v) is 0.722. The maximum absolute atomic E-state index is 12.9. The van der Waals surface area contributed by atoms with Gasteiger partial charge in [0.05, 0.1) is 0 Å². The molecule has 0 atom stereocenters. The van der Waals surface area contributed by atoms with E-state index in [-0.39, 0.29) is 11.3 Å². The average molecular weight is 189 g/mol. The van der Waals surface area contributed by atoms with Gasteiger partial charge >= 0.3 is 0 Å². The number of halogens is 1. The van der Waals surface area contributed by atoms with Crippen LogP contribution in [0.1, 0.15) is 11.3 Å². The molecule has 0 aliphatic rings. The standard InChI is InChI=1S/C9H4FN3O/c10-7-3-6(1-2-9(12)14)5-13-8(7)4-11/h3,5H,(H2,12,14). The predicted octanol–water partition coefficient (Wildman–Crippen LogP) is -0.0708. The molecule has 0 bridgehead atoms. The van der Waals surface area contributed by atoms with E-state index in [1.807, 2.05) is 5.92 Å². The van der Waals surface area contributed by atoms with Crippen LogP contribution >= 0.6 is 0 Å². The smallest absolute Gasteiger partial charge is 0.293 e. The summed E-state index contributed by atoms with van der Waals surface area (Å²) in [5.41, 5.74) is 4.64. The van der Waals surface area contributed by atoms with E-state index in [0.29, 0.717) is 0 Å². The van der Waals surface area contributed by atoms with Gasteiger partial charge in [-0.3, -0.25) is 4.79 Å². The lowest BCUT2D eigenvalue weighted by Crippen LogP contribution is -2.06. The minimum absolute atomic E-state index is 0.195. The Kier molecular flexibility index (Phi) is 2.78. The molecule has 1 rings (SSSR count).